The quantitative estimate of drug-likeness (QED) is 0.684. The molecular formula is C15H11BrF2N2O. The van der Waals surface area contributed by atoms with Crippen LogP contribution in [-0.4, -0.2) is 16.0 Å². The number of hydrogen-bond acceptors (Lipinski definition) is 2. The van der Waals surface area contributed by atoms with Crippen LogP contribution in [0.3, 0.4) is 0 Å². The Balaban J connectivity index is 2.12. The van der Waals surface area contributed by atoms with Crippen molar-refractivity contribution in [2.45, 2.75) is 13.5 Å². The summed E-state index contributed by atoms with van der Waals surface area (Å²) in [5.41, 5.74) is 2.92. The molecule has 0 N–H and O–H groups in total. The van der Waals surface area contributed by atoms with Gasteiger partial charge in [0.25, 0.3) is 0 Å². The molecule has 0 aliphatic carbocycles. The van der Waals surface area contributed by atoms with E-state index in [1.54, 1.807) is 24.4 Å². The van der Waals surface area contributed by atoms with Gasteiger partial charge in [0, 0.05) is 22.4 Å². The molecule has 0 atom stereocenters. The second-order valence-corrected chi connectivity index (χ2v) is 5.42. The Morgan fingerprint density at radius 2 is 2.00 bits per heavy atom. The predicted octanol–water partition coefficient (Wildman–Crippen LogP) is 4.67. The standard InChI is InChI=1S/C15H11BrF2N2O/c1-9-6-14-19-12(8-20(14)7-11(9)16)10-4-2-3-5-13(10)21-15(17)18/h2-8,15H,1H3. The Morgan fingerprint density at radius 1 is 1.24 bits per heavy atom. The van der Waals surface area contributed by atoms with E-state index in [9.17, 15) is 8.78 Å². The van der Waals surface area contributed by atoms with E-state index in [-0.39, 0.29) is 5.75 Å². The average Bonchev–Trinajstić information content (AvgIpc) is 2.82. The number of alkyl halides is 2. The number of hydrogen-bond donors (Lipinski definition) is 0. The fourth-order valence-electron chi connectivity index (χ4n) is 2.11. The van der Waals surface area contributed by atoms with Gasteiger partial charge in [0.05, 0.1) is 5.69 Å². The van der Waals surface area contributed by atoms with Crippen molar-refractivity contribution in [2.75, 3.05) is 0 Å². The smallest absolute Gasteiger partial charge is 0.387 e. The van der Waals surface area contributed by atoms with Crippen LogP contribution in [0.1, 0.15) is 5.56 Å². The number of aromatic nitrogens is 2. The highest BCUT2D eigenvalue weighted by Crippen LogP contribution is 2.31. The van der Waals surface area contributed by atoms with Crippen LogP contribution in [0.5, 0.6) is 5.75 Å². The Labute approximate surface area is 128 Å². The van der Waals surface area contributed by atoms with Gasteiger partial charge >= 0.3 is 6.61 Å². The summed E-state index contributed by atoms with van der Waals surface area (Å²) in [6.45, 7) is -0.897. The number of nitrogens with zero attached hydrogens (tertiary/aromatic N) is 2. The number of rotatable bonds is 3. The van der Waals surface area contributed by atoms with Gasteiger partial charge in [0.1, 0.15) is 11.4 Å². The summed E-state index contributed by atoms with van der Waals surface area (Å²) in [6, 6.07) is 8.55. The Morgan fingerprint density at radius 3 is 2.76 bits per heavy atom. The molecule has 21 heavy (non-hydrogen) atoms. The summed E-state index contributed by atoms with van der Waals surface area (Å²) < 4.78 is 32.3. The summed E-state index contributed by atoms with van der Waals surface area (Å²) in [4.78, 5) is 4.47. The minimum absolute atomic E-state index is 0.117. The van der Waals surface area contributed by atoms with E-state index in [0.29, 0.717) is 11.3 Å². The fraction of sp³-hybridized carbons (Fsp3) is 0.133. The topological polar surface area (TPSA) is 26.5 Å². The number of benzene rings is 1. The van der Waals surface area contributed by atoms with Gasteiger partial charge in [-0.05, 0) is 46.6 Å². The van der Waals surface area contributed by atoms with Gasteiger partial charge in [0.15, 0.2) is 0 Å². The van der Waals surface area contributed by atoms with Gasteiger partial charge in [-0.25, -0.2) is 4.98 Å². The van der Waals surface area contributed by atoms with Crippen LogP contribution in [-0.2, 0) is 0 Å². The van der Waals surface area contributed by atoms with Crippen LogP contribution in [0.25, 0.3) is 16.9 Å². The lowest BCUT2D eigenvalue weighted by Gasteiger charge is -2.08. The van der Waals surface area contributed by atoms with Crippen LogP contribution in [0.4, 0.5) is 8.78 Å². The normalized spacial score (nSPS) is 11.3. The molecule has 0 saturated heterocycles. The van der Waals surface area contributed by atoms with E-state index in [1.165, 1.54) is 6.07 Å². The zero-order chi connectivity index (χ0) is 15.0. The number of imidazole rings is 1. The second kappa shape index (κ2) is 5.44. The first-order valence-electron chi connectivity index (χ1n) is 6.23. The summed E-state index contributed by atoms with van der Waals surface area (Å²) in [7, 11) is 0. The minimum Gasteiger partial charge on any atom is -0.434 e. The molecule has 0 radical (unpaired) electrons. The molecule has 108 valence electrons. The van der Waals surface area contributed by atoms with Crippen molar-refractivity contribution in [3.63, 3.8) is 0 Å². The Kier molecular flexibility index (Phi) is 3.63. The van der Waals surface area contributed by atoms with Gasteiger partial charge in [-0.3, -0.25) is 0 Å². The first-order chi connectivity index (χ1) is 10.0. The third kappa shape index (κ3) is 2.76. The molecule has 3 rings (SSSR count). The number of aryl methyl sites for hydroxylation is 1. The number of pyridine rings is 1. The highest BCUT2D eigenvalue weighted by atomic mass is 79.9. The molecule has 2 aromatic heterocycles. The highest BCUT2D eigenvalue weighted by molar-refractivity contribution is 9.10. The largest absolute Gasteiger partial charge is 0.434 e. The molecule has 0 aliphatic rings. The molecule has 1 aromatic carbocycles. The predicted molar refractivity (Wildman–Crippen MR) is 79.7 cm³/mol. The van der Waals surface area contributed by atoms with Crippen LogP contribution in [0.15, 0.2) is 47.2 Å². The summed E-state index contributed by atoms with van der Waals surface area (Å²) in [6.07, 6.45) is 3.67. The molecule has 2 heterocycles. The molecule has 0 aliphatic heterocycles. The molecule has 3 aromatic rings. The Bertz CT molecular complexity index is 762. The van der Waals surface area contributed by atoms with Gasteiger partial charge in [0.2, 0.25) is 0 Å². The van der Waals surface area contributed by atoms with E-state index < -0.39 is 6.61 Å². The minimum atomic E-state index is -2.86. The molecular weight excluding hydrogens is 342 g/mol. The molecule has 3 nitrogen and oxygen atoms in total. The van der Waals surface area contributed by atoms with E-state index in [0.717, 1.165) is 15.7 Å². The molecule has 6 heteroatoms. The lowest BCUT2D eigenvalue weighted by Crippen LogP contribution is -2.03. The first kappa shape index (κ1) is 14.0. The van der Waals surface area contributed by atoms with E-state index in [4.69, 9.17) is 0 Å². The molecule has 0 spiro atoms. The molecule has 0 amide bonds. The third-order valence-electron chi connectivity index (χ3n) is 3.11. The Hall–Kier alpha value is -1.95. The van der Waals surface area contributed by atoms with Crippen molar-refractivity contribution >= 4 is 21.6 Å². The van der Waals surface area contributed by atoms with Crippen molar-refractivity contribution < 1.29 is 13.5 Å². The SMILES string of the molecule is Cc1cc2nc(-c3ccccc3OC(F)F)cn2cc1Br. The van der Waals surface area contributed by atoms with Crippen molar-refractivity contribution in [3.05, 3.63) is 52.8 Å². The monoisotopic (exact) mass is 352 g/mol. The maximum Gasteiger partial charge on any atom is 0.387 e. The maximum atomic E-state index is 12.5. The third-order valence-corrected chi connectivity index (χ3v) is 3.94. The molecule has 0 saturated carbocycles. The molecule has 0 fully saturated rings. The molecule has 0 bridgehead atoms. The number of halogens is 3. The lowest BCUT2D eigenvalue weighted by atomic mass is 10.1. The van der Waals surface area contributed by atoms with Gasteiger partial charge < -0.3 is 9.14 Å². The fourth-order valence-corrected chi connectivity index (χ4v) is 2.45. The summed E-state index contributed by atoms with van der Waals surface area (Å²) in [5, 5.41) is 0. The molecule has 0 unspecified atom stereocenters. The zero-order valence-corrected chi connectivity index (χ0v) is 12.6. The zero-order valence-electron chi connectivity index (χ0n) is 11.1. The first-order valence-corrected chi connectivity index (χ1v) is 7.03. The van der Waals surface area contributed by atoms with E-state index >= 15 is 0 Å². The number of ether oxygens (including phenoxy) is 1. The van der Waals surface area contributed by atoms with Crippen LogP contribution >= 0.6 is 15.9 Å². The lowest BCUT2D eigenvalue weighted by molar-refractivity contribution is -0.0494. The van der Waals surface area contributed by atoms with E-state index in [2.05, 4.69) is 25.7 Å². The van der Waals surface area contributed by atoms with Crippen molar-refractivity contribution in [1.29, 1.82) is 0 Å². The summed E-state index contributed by atoms with van der Waals surface area (Å²) in [5.74, 6) is 0.117. The van der Waals surface area contributed by atoms with Gasteiger partial charge in [-0.2, -0.15) is 8.78 Å². The van der Waals surface area contributed by atoms with Crippen molar-refractivity contribution in [3.8, 4) is 17.0 Å². The highest BCUT2D eigenvalue weighted by Gasteiger charge is 2.13. The van der Waals surface area contributed by atoms with Crippen molar-refractivity contribution in [1.82, 2.24) is 9.38 Å². The number of para-hydroxylation sites is 1. The number of fused-ring (bicyclic) bond motifs is 1. The van der Waals surface area contributed by atoms with Gasteiger partial charge in [-0.15, -0.1) is 0 Å². The van der Waals surface area contributed by atoms with Crippen LogP contribution < -0.4 is 4.74 Å². The van der Waals surface area contributed by atoms with Crippen LogP contribution in [0, 0.1) is 6.92 Å². The van der Waals surface area contributed by atoms with Crippen LogP contribution in [0.2, 0.25) is 0 Å². The maximum absolute atomic E-state index is 12.5. The average molecular weight is 353 g/mol. The van der Waals surface area contributed by atoms with Crippen molar-refractivity contribution in [2.24, 2.45) is 0 Å². The van der Waals surface area contributed by atoms with Gasteiger partial charge in [-0.1, -0.05) is 12.1 Å². The second-order valence-electron chi connectivity index (χ2n) is 4.57. The van der Waals surface area contributed by atoms with E-state index in [1.807, 2.05) is 23.6 Å². The summed E-state index contributed by atoms with van der Waals surface area (Å²) >= 11 is 3.46.